The van der Waals surface area contributed by atoms with E-state index in [1.165, 1.54) is 6.07 Å². The van der Waals surface area contributed by atoms with Crippen molar-refractivity contribution in [3.63, 3.8) is 0 Å². The molecule has 3 atom stereocenters. The number of hydrogen-bond donors (Lipinski definition) is 4. The first-order chi connectivity index (χ1) is 8.01. The fraction of sp³-hybridized carbons (Fsp3) is 0.444. The molecule has 8 heteroatoms. The van der Waals surface area contributed by atoms with Crippen LogP contribution in [0.1, 0.15) is 0 Å². The molecule has 0 aromatic heterocycles. The third-order valence-electron chi connectivity index (χ3n) is 2.08. The predicted molar refractivity (Wildman–Crippen MR) is 53.8 cm³/mol. The molecule has 0 unspecified atom stereocenters. The Morgan fingerprint density at radius 1 is 1.35 bits per heavy atom. The van der Waals surface area contributed by atoms with E-state index in [1.807, 2.05) is 0 Å². The maximum Gasteiger partial charge on any atom is 0.222 e. The SMILES string of the molecule is N#C/C(N)=C(/C#N)N=C1OC[C@H](O)[C@H](O)[C@@H]1O. The highest BCUT2D eigenvalue weighted by Gasteiger charge is 2.35. The van der Waals surface area contributed by atoms with Crippen LogP contribution in [0.25, 0.3) is 0 Å². The number of rotatable bonds is 1. The molecule has 0 aromatic carbocycles. The third kappa shape index (κ3) is 2.71. The molecule has 0 saturated carbocycles. The van der Waals surface area contributed by atoms with Gasteiger partial charge in [-0.3, -0.25) is 0 Å². The molecule has 1 heterocycles. The minimum absolute atomic E-state index is 0.276. The first-order valence-corrected chi connectivity index (χ1v) is 4.56. The van der Waals surface area contributed by atoms with E-state index in [1.54, 1.807) is 6.07 Å². The van der Waals surface area contributed by atoms with Gasteiger partial charge in [0.1, 0.15) is 36.7 Å². The van der Waals surface area contributed by atoms with Gasteiger partial charge in [-0.1, -0.05) is 0 Å². The molecule has 0 bridgehead atoms. The smallest absolute Gasteiger partial charge is 0.222 e. The van der Waals surface area contributed by atoms with Crippen molar-refractivity contribution in [3.8, 4) is 12.1 Å². The van der Waals surface area contributed by atoms with Crippen molar-refractivity contribution in [3.05, 3.63) is 11.4 Å². The summed E-state index contributed by atoms with van der Waals surface area (Å²) in [4.78, 5) is 3.54. The van der Waals surface area contributed by atoms with E-state index in [4.69, 9.17) is 26.1 Å². The molecule has 0 radical (unpaired) electrons. The maximum absolute atomic E-state index is 9.49. The van der Waals surface area contributed by atoms with Crippen molar-refractivity contribution in [2.75, 3.05) is 6.61 Å². The zero-order valence-electron chi connectivity index (χ0n) is 8.61. The summed E-state index contributed by atoms with van der Waals surface area (Å²) < 4.78 is 4.84. The molecule has 1 fully saturated rings. The van der Waals surface area contributed by atoms with Crippen molar-refractivity contribution < 1.29 is 20.1 Å². The van der Waals surface area contributed by atoms with Crippen LogP contribution in [0.2, 0.25) is 0 Å². The maximum atomic E-state index is 9.49. The lowest BCUT2D eigenvalue weighted by Crippen LogP contribution is -2.50. The Balaban J connectivity index is 3.02. The normalized spacial score (nSPS) is 32.1. The summed E-state index contributed by atoms with van der Waals surface area (Å²) in [5.74, 6) is -0.363. The van der Waals surface area contributed by atoms with Gasteiger partial charge in [0, 0.05) is 0 Å². The molecular weight excluding hydrogens is 228 g/mol. The number of nitriles is 2. The zero-order valence-corrected chi connectivity index (χ0v) is 8.61. The summed E-state index contributed by atoms with van der Waals surface area (Å²) in [7, 11) is 0. The molecule has 1 rings (SSSR count). The van der Waals surface area contributed by atoms with E-state index in [9.17, 15) is 10.2 Å². The lowest BCUT2D eigenvalue weighted by Gasteiger charge is -2.29. The van der Waals surface area contributed by atoms with Crippen LogP contribution in [0.5, 0.6) is 0 Å². The molecule has 90 valence electrons. The van der Waals surface area contributed by atoms with Crippen LogP contribution in [0.15, 0.2) is 16.4 Å². The first kappa shape index (κ1) is 12.9. The minimum atomic E-state index is -1.58. The topological polar surface area (TPSA) is 156 Å². The first-order valence-electron chi connectivity index (χ1n) is 4.56. The Bertz CT molecular complexity index is 445. The van der Waals surface area contributed by atoms with Gasteiger partial charge in [0.25, 0.3) is 0 Å². The Morgan fingerprint density at radius 2 is 2.00 bits per heavy atom. The van der Waals surface area contributed by atoms with Gasteiger partial charge >= 0.3 is 0 Å². The summed E-state index contributed by atoms with van der Waals surface area (Å²) >= 11 is 0. The van der Waals surface area contributed by atoms with E-state index in [2.05, 4.69) is 4.99 Å². The highest BCUT2D eigenvalue weighted by molar-refractivity contribution is 5.83. The summed E-state index contributed by atoms with van der Waals surface area (Å²) in [6, 6.07) is 3.08. The molecule has 1 aliphatic heterocycles. The lowest BCUT2D eigenvalue weighted by atomic mass is 10.1. The van der Waals surface area contributed by atoms with Crippen LogP contribution in [-0.4, -0.2) is 46.1 Å². The number of allylic oxidation sites excluding steroid dienone is 2. The summed E-state index contributed by atoms with van der Waals surface area (Å²) in [6.07, 6.45) is -4.29. The minimum Gasteiger partial charge on any atom is -0.476 e. The standard InChI is InChI=1S/C9H10N4O4/c10-1-4(12)5(2-11)13-9-8(16)7(15)6(14)3-17-9/h6-8,14-16H,3,12H2/b5-4+,13-9?/t6-,7-,8-/m0/s1. The predicted octanol–water partition coefficient (Wildman–Crippen LogP) is -2.28. The van der Waals surface area contributed by atoms with Gasteiger partial charge in [0.15, 0.2) is 11.8 Å². The molecule has 8 nitrogen and oxygen atoms in total. The molecule has 0 amide bonds. The Morgan fingerprint density at radius 3 is 2.53 bits per heavy atom. The monoisotopic (exact) mass is 238 g/mol. The zero-order chi connectivity index (χ0) is 13.0. The Hall–Kier alpha value is -2.13. The van der Waals surface area contributed by atoms with Gasteiger partial charge in [-0.15, -0.1) is 0 Å². The van der Waals surface area contributed by atoms with Crippen LogP contribution >= 0.6 is 0 Å². The third-order valence-corrected chi connectivity index (χ3v) is 2.08. The largest absolute Gasteiger partial charge is 0.476 e. The van der Waals surface area contributed by atoms with E-state index in [0.29, 0.717) is 0 Å². The van der Waals surface area contributed by atoms with Gasteiger partial charge < -0.3 is 25.8 Å². The van der Waals surface area contributed by atoms with Gasteiger partial charge in [-0.25, -0.2) is 4.99 Å². The molecular formula is C9H10N4O4. The number of aliphatic hydroxyl groups excluding tert-OH is 3. The van der Waals surface area contributed by atoms with Crippen LogP contribution in [0, 0.1) is 22.7 Å². The molecule has 1 saturated heterocycles. The van der Waals surface area contributed by atoms with Gasteiger partial charge in [-0.05, 0) is 0 Å². The average molecular weight is 238 g/mol. The van der Waals surface area contributed by atoms with E-state index in [-0.39, 0.29) is 12.5 Å². The number of aliphatic hydroxyl groups is 3. The van der Waals surface area contributed by atoms with Crippen molar-refractivity contribution >= 4 is 5.90 Å². The second-order valence-corrected chi connectivity index (χ2v) is 3.25. The molecule has 0 spiro atoms. The summed E-state index contributed by atoms with van der Waals surface area (Å²) in [5.41, 5.74) is 4.33. The van der Waals surface area contributed by atoms with Gasteiger partial charge in [-0.2, -0.15) is 10.5 Å². The highest BCUT2D eigenvalue weighted by atomic mass is 16.5. The van der Waals surface area contributed by atoms with Gasteiger partial charge in [0.05, 0.1) is 0 Å². The van der Waals surface area contributed by atoms with Crippen LogP contribution < -0.4 is 5.73 Å². The quantitative estimate of drug-likeness (QED) is 0.374. The second-order valence-electron chi connectivity index (χ2n) is 3.25. The Kier molecular flexibility index (Phi) is 4.01. The second kappa shape index (κ2) is 5.27. The van der Waals surface area contributed by atoms with Crippen LogP contribution in [-0.2, 0) is 4.74 Å². The van der Waals surface area contributed by atoms with Crippen molar-refractivity contribution in [1.29, 1.82) is 10.5 Å². The number of nitrogens with two attached hydrogens (primary N) is 1. The lowest BCUT2D eigenvalue weighted by molar-refractivity contribution is -0.0836. The number of ether oxygens (including phenoxy) is 1. The van der Waals surface area contributed by atoms with Crippen molar-refractivity contribution in [1.82, 2.24) is 0 Å². The average Bonchev–Trinajstić information content (AvgIpc) is 2.34. The number of hydrogen-bond acceptors (Lipinski definition) is 8. The fourth-order valence-electron chi connectivity index (χ4n) is 1.12. The van der Waals surface area contributed by atoms with Crippen molar-refractivity contribution in [2.24, 2.45) is 10.7 Å². The Labute approximate surface area is 96.5 Å². The number of nitrogens with zero attached hydrogens (tertiary/aromatic N) is 3. The van der Waals surface area contributed by atoms with Gasteiger partial charge in [0.2, 0.25) is 5.90 Å². The van der Waals surface area contributed by atoms with E-state index < -0.39 is 29.7 Å². The van der Waals surface area contributed by atoms with Crippen LogP contribution in [0.4, 0.5) is 0 Å². The fourth-order valence-corrected chi connectivity index (χ4v) is 1.12. The molecule has 0 aromatic rings. The molecule has 0 aliphatic carbocycles. The van der Waals surface area contributed by atoms with Crippen molar-refractivity contribution in [2.45, 2.75) is 18.3 Å². The number of aliphatic imine (C=N–C) groups is 1. The molecule has 5 N–H and O–H groups in total. The summed E-state index contributed by atoms with van der Waals surface area (Å²) in [6.45, 7) is -0.276. The van der Waals surface area contributed by atoms with E-state index >= 15 is 0 Å². The summed E-state index contributed by atoms with van der Waals surface area (Å²) in [5, 5.41) is 45.1. The molecule has 17 heavy (non-hydrogen) atoms. The molecule has 1 aliphatic rings. The van der Waals surface area contributed by atoms with Crippen LogP contribution in [0.3, 0.4) is 0 Å². The highest BCUT2D eigenvalue weighted by Crippen LogP contribution is 2.13. The van der Waals surface area contributed by atoms with E-state index in [0.717, 1.165) is 0 Å².